The predicted molar refractivity (Wildman–Crippen MR) is 140 cm³/mol. The van der Waals surface area contributed by atoms with Crippen LogP contribution in [0.25, 0.3) is 6.08 Å². The number of carbonyl (C=O) groups is 2. The minimum Gasteiger partial charge on any atom is -0.496 e. The lowest BCUT2D eigenvalue weighted by atomic mass is 10.1. The minimum absolute atomic E-state index is 0.286. The van der Waals surface area contributed by atoms with Gasteiger partial charge in [0.25, 0.3) is 5.91 Å². The van der Waals surface area contributed by atoms with Crippen molar-refractivity contribution in [2.75, 3.05) is 50.5 Å². The van der Waals surface area contributed by atoms with Crippen LogP contribution in [0.5, 0.6) is 23.0 Å². The molecular formula is C26H28N4O6. The summed E-state index contributed by atoms with van der Waals surface area (Å²) in [5.74, 6) is 1.06. The Hall–Kier alpha value is -4.86. The number of nitrogens with one attached hydrogen (secondary N) is 2. The summed E-state index contributed by atoms with van der Waals surface area (Å²) in [7, 11) is 6.03. The Morgan fingerprint density at radius 2 is 1.36 bits per heavy atom. The first-order valence-electron chi connectivity index (χ1n) is 10.7. The van der Waals surface area contributed by atoms with Crippen molar-refractivity contribution >= 4 is 40.6 Å². The molecule has 2 amide bonds. The Labute approximate surface area is 208 Å². The van der Waals surface area contributed by atoms with E-state index in [2.05, 4.69) is 10.6 Å². The van der Waals surface area contributed by atoms with Crippen molar-refractivity contribution in [2.45, 2.75) is 0 Å². The molecule has 10 heteroatoms. The number of nitrogens with two attached hydrogens (primary N) is 2. The van der Waals surface area contributed by atoms with Gasteiger partial charge in [0.05, 0.1) is 39.7 Å². The molecule has 3 aromatic rings. The molecule has 0 unspecified atom stereocenters. The molecule has 0 atom stereocenters. The molecule has 0 radical (unpaired) electrons. The Kier molecular flexibility index (Phi) is 8.24. The number of anilines is 4. The van der Waals surface area contributed by atoms with Gasteiger partial charge in [-0.05, 0) is 42.5 Å². The fourth-order valence-electron chi connectivity index (χ4n) is 3.43. The molecule has 3 aromatic carbocycles. The summed E-state index contributed by atoms with van der Waals surface area (Å²) in [6, 6.07) is 12.8. The zero-order valence-corrected chi connectivity index (χ0v) is 20.4. The third kappa shape index (κ3) is 6.17. The number of nitrogen functional groups attached to an aromatic ring is 2. The highest BCUT2D eigenvalue weighted by Crippen LogP contribution is 2.35. The molecule has 0 aliphatic rings. The van der Waals surface area contributed by atoms with Crippen LogP contribution in [0.3, 0.4) is 0 Å². The Morgan fingerprint density at radius 1 is 0.750 bits per heavy atom. The number of benzene rings is 3. The molecule has 6 N–H and O–H groups in total. The molecule has 36 heavy (non-hydrogen) atoms. The zero-order valence-electron chi connectivity index (χ0n) is 20.4. The first kappa shape index (κ1) is 25.8. The number of amides is 2. The summed E-state index contributed by atoms with van der Waals surface area (Å²) in [6.07, 6.45) is 2.91. The van der Waals surface area contributed by atoms with E-state index in [1.54, 1.807) is 42.5 Å². The molecule has 0 bridgehead atoms. The van der Waals surface area contributed by atoms with E-state index < -0.39 is 11.8 Å². The van der Waals surface area contributed by atoms with Crippen LogP contribution in [0, 0.1) is 0 Å². The lowest BCUT2D eigenvalue weighted by Gasteiger charge is -2.13. The molecule has 188 valence electrons. The lowest BCUT2D eigenvalue weighted by Crippen LogP contribution is -2.14. The van der Waals surface area contributed by atoms with Crippen LogP contribution in [0.2, 0.25) is 0 Å². The number of methoxy groups -OCH3 is 4. The summed E-state index contributed by atoms with van der Waals surface area (Å²) in [5.41, 5.74) is 13.9. The largest absolute Gasteiger partial charge is 0.496 e. The minimum atomic E-state index is -0.436. The smallest absolute Gasteiger partial charge is 0.255 e. The third-order valence-electron chi connectivity index (χ3n) is 5.11. The van der Waals surface area contributed by atoms with E-state index in [0.717, 1.165) is 0 Å². The van der Waals surface area contributed by atoms with Gasteiger partial charge in [0.15, 0.2) is 0 Å². The molecule has 3 rings (SSSR count). The first-order chi connectivity index (χ1) is 17.3. The van der Waals surface area contributed by atoms with Crippen molar-refractivity contribution in [2.24, 2.45) is 0 Å². The maximum Gasteiger partial charge on any atom is 0.255 e. The van der Waals surface area contributed by atoms with E-state index in [1.807, 2.05) is 0 Å². The fourth-order valence-corrected chi connectivity index (χ4v) is 3.43. The van der Waals surface area contributed by atoms with Crippen molar-refractivity contribution in [3.8, 4) is 23.0 Å². The topological polar surface area (TPSA) is 147 Å². The van der Waals surface area contributed by atoms with Crippen LogP contribution >= 0.6 is 0 Å². The normalized spacial score (nSPS) is 10.6. The van der Waals surface area contributed by atoms with E-state index in [-0.39, 0.29) is 5.56 Å². The van der Waals surface area contributed by atoms with Crippen LogP contribution in [0.15, 0.2) is 54.6 Å². The van der Waals surface area contributed by atoms with Crippen LogP contribution in [-0.4, -0.2) is 40.3 Å². The van der Waals surface area contributed by atoms with Crippen molar-refractivity contribution < 1.29 is 28.5 Å². The molecule has 0 saturated heterocycles. The van der Waals surface area contributed by atoms with Crippen LogP contribution in [-0.2, 0) is 4.79 Å². The second kappa shape index (κ2) is 11.5. The van der Waals surface area contributed by atoms with Gasteiger partial charge in [0.2, 0.25) is 5.91 Å². The maximum atomic E-state index is 12.7. The van der Waals surface area contributed by atoms with Crippen molar-refractivity contribution in [3.05, 3.63) is 65.7 Å². The van der Waals surface area contributed by atoms with Gasteiger partial charge in [-0.1, -0.05) is 0 Å². The molecule has 0 aromatic heterocycles. The second-order valence-corrected chi connectivity index (χ2v) is 7.53. The van der Waals surface area contributed by atoms with Gasteiger partial charge in [0.1, 0.15) is 23.0 Å². The van der Waals surface area contributed by atoms with Gasteiger partial charge in [-0.2, -0.15) is 0 Å². The van der Waals surface area contributed by atoms with Gasteiger partial charge >= 0.3 is 0 Å². The van der Waals surface area contributed by atoms with Crippen LogP contribution in [0.1, 0.15) is 15.9 Å². The number of rotatable bonds is 9. The van der Waals surface area contributed by atoms with Gasteiger partial charge < -0.3 is 41.0 Å². The fraction of sp³-hybridized carbons (Fsp3) is 0.154. The third-order valence-corrected chi connectivity index (χ3v) is 5.11. The summed E-state index contributed by atoms with van der Waals surface area (Å²) in [5, 5.41) is 5.51. The second-order valence-electron chi connectivity index (χ2n) is 7.53. The van der Waals surface area contributed by atoms with Crippen LogP contribution < -0.4 is 41.0 Å². The zero-order chi connectivity index (χ0) is 26.2. The Morgan fingerprint density at radius 3 is 1.92 bits per heavy atom. The molecule has 0 spiro atoms. The molecule has 0 aliphatic carbocycles. The predicted octanol–water partition coefficient (Wildman–Crippen LogP) is 3.79. The summed E-state index contributed by atoms with van der Waals surface area (Å²) in [6.45, 7) is 0. The number of ether oxygens (including phenoxy) is 4. The summed E-state index contributed by atoms with van der Waals surface area (Å²) < 4.78 is 21.4. The van der Waals surface area contributed by atoms with Gasteiger partial charge in [-0.25, -0.2) is 0 Å². The standard InChI is InChI=1S/C26H28N4O6/c1-33-19-13-23(35-3)20(24(14-19)36-4)6-8-25(31)29-18-5-7-22(34-2)21(12-18)30-26(32)15-9-16(27)11-17(28)10-15/h5-14H,27-28H2,1-4H3,(H,29,31)(H,30,32). The Bertz CT molecular complexity index is 1260. The molecule has 0 saturated carbocycles. The Balaban J connectivity index is 1.80. The number of hydrogen-bond acceptors (Lipinski definition) is 8. The molecule has 0 fully saturated rings. The van der Waals surface area contributed by atoms with Gasteiger partial charge in [0, 0.05) is 40.8 Å². The highest BCUT2D eigenvalue weighted by molar-refractivity contribution is 6.07. The SMILES string of the molecule is COc1cc(OC)c(C=CC(=O)Nc2ccc(OC)c(NC(=O)c3cc(N)cc(N)c3)c2)c(OC)c1. The lowest BCUT2D eigenvalue weighted by molar-refractivity contribution is -0.111. The van der Waals surface area contributed by atoms with Crippen molar-refractivity contribution in [1.82, 2.24) is 0 Å². The van der Waals surface area contributed by atoms with E-state index in [4.69, 9.17) is 30.4 Å². The van der Waals surface area contributed by atoms with Gasteiger partial charge in [-0.15, -0.1) is 0 Å². The molecule has 10 nitrogen and oxygen atoms in total. The van der Waals surface area contributed by atoms with E-state index >= 15 is 0 Å². The van der Waals surface area contributed by atoms with Crippen molar-refractivity contribution in [1.29, 1.82) is 0 Å². The highest BCUT2D eigenvalue weighted by atomic mass is 16.5. The quantitative estimate of drug-likeness (QED) is 0.261. The summed E-state index contributed by atoms with van der Waals surface area (Å²) in [4.78, 5) is 25.4. The monoisotopic (exact) mass is 492 g/mol. The molecule has 0 aliphatic heterocycles. The number of carbonyl (C=O) groups excluding carboxylic acids is 2. The van der Waals surface area contributed by atoms with Gasteiger partial charge in [-0.3, -0.25) is 9.59 Å². The number of hydrogen-bond donors (Lipinski definition) is 4. The van der Waals surface area contributed by atoms with E-state index in [9.17, 15) is 9.59 Å². The van der Waals surface area contributed by atoms with Crippen molar-refractivity contribution in [3.63, 3.8) is 0 Å². The first-order valence-corrected chi connectivity index (χ1v) is 10.7. The summed E-state index contributed by atoms with van der Waals surface area (Å²) >= 11 is 0. The average molecular weight is 493 g/mol. The molecular weight excluding hydrogens is 464 g/mol. The molecule has 0 heterocycles. The average Bonchev–Trinajstić information content (AvgIpc) is 2.86. The van der Waals surface area contributed by atoms with Crippen LogP contribution in [0.4, 0.5) is 22.7 Å². The van der Waals surface area contributed by atoms with E-state index in [1.165, 1.54) is 46.6 Å². The maximum absolute atomic E-state index is 12.7. The highest BCUT2D eigenvalue weighted by Gasteiger charge is 2.14. The van der Waals surface area contributed by atoms with E-state index in [0.29, 0.717) is 51.3 Å².